The van der Waals surface area contributed by atoms with Crippen LogP contribution in [-0.4, -0.2) is 42.3 Å². The maximum absolute atomic E-state index is 12.4. The lowest BCUT2D eigenvalue weighted by Crippen LogP contribution is -2.53. The molecule has 1 saturated carbocycles. The van der Waals surface area contributed by atoms with Gasteiger partial charge in [-0.3, -0.25) is 9.59 Å². The van der Waals surface area contributed by atoms with E-state index in [1.807, 2.05) is 0 Å². The molecular formula is C14H24N2O4. The zero-order chi connectivity index (χ0) is 14.8. The number of carboxylic acids is 1. The van der Waals surface area contributed by atoms with Crippen LogP contribution in [0, 0.1) is 11.3 Å². The van der Waals surface area contributed by atoms with Crippen LogP contribution < -0.4 is 11.1 Å². The summed E-state index contributed by atoms with van der Waals surface area (Å²) >= 11 is 0. The Balaban J connectivity index is 2.01. The van der Waals surface area contributed by atoms with Crippen molar-refractivity contribution in [2.75, 3.05) is 13.2 Å². The van der Waals surface area contributed by atoms with Crippen molar-refractivity contribution in [3.63, 3.8) is 0 Å². The van der Waals surface area contributed by atoms with Crippen LogP contribution in [0.5, 0.6) is 0 Å². The number of nitrogens with two attached hydrogens (primary N) is 1. The summed E-state index contributed by atoms with van der Waals surface area (Å²) in [7, 11) is 0. The van der Waals surface area contributed by atoms with Gasteiger partial charge in [-0.1, -0.05) is 19.3 Å². The molecule has 0 aromatic carbocycles. The Morgan fingerprint density at radius 2 is 2.00 bits per heavy atom. The summed E-state index contributed by atoms with van der Waals surface area (Å²) in [6, 6.07) is -0.612. The Labute approximate surface area is 119 Å². The molecule has 0 spiro atoms. The molecule has 2 fully saturated rings. The Hall–Kier alpha value is -1.14. The molecule has 0 aromatic heterocycles. The third kappa shape index (κ3) is 2.96. The van der Waals surface area contributed by atoms with Gasteiger partial charge in [0.1, 0.15) is 5.41 Å². The first kappa shape index (κ1) is 15.3. The Kier molecular flexibility index (Phi) is 4.65. The van der Waals surface area contributed by atoms with Gasteiger partial charge in [0.05, 0.1) is 25.2 Å². The number of carbonyl (C=O) groups excluding carboxylic acids is 1. The Morgan fingerprint density at radius 1 is 1.30 bits per heavy atom. The minimum atomic E-state index is -1.05. The minimum Gasteiger partial charge on any atom is -0.481 e. The van der Waals surface area contributed by atoms with Gasteiger partial charge in [0, 0.05) is 6.04 Å². The van der Waals surface area contributed by atoms with Crippen LogP contribution in [0.2, 0.25) is 0 Å². The summed E-state index contributed by atoms with van der Waals surface area (Å²) in [4.78, 5) is 23.7. The van der Waals surface area contributed by atoms with Gasteiger partial charge in [0.2, 0.25) is 5.91 Å². The molecular weight excluding hydrogens is 260 g/mol. The number of hydrogen-bond donors (Lipinski definition) is 3. The second-order valence-corrected chi connectivity index (χ2v) is 6.21. The normalized spacial score (nSPS) is 38.2. The van der Waals surface area contributed by atoms with E-state index in [0.717, 1.165) is 32.1 Å². The molecule has 2 rings (SSSR count). The van der Waals surface area contributed by atoms with Crippen molar-refractivity contribution >= 4 is 11.9 Å². The highest BCUT2D eigenvalue weighted by molar-refractivity contribution is 5.82. The molecule has 0 radical (unpaired) electrons. The second kappa shape index (κ2) is 6.10. The van der Waals surface area contributed by atoms with E-state index >= 15 is 0 Å². The van der Waals surface area contributed by atoms with Gasteiger partial charge in [-0.2, -0.15) is 0 Å². The van der Waals surface area contributed by atoms with E-state index in [4.69, 9.17) is 10.5 Å². The van der Waals surface area contributed by atoms with Gasteiger partial charge >= 0.3 is 5.97 Å². The standard InChI is InChI=1S/C14H24N2O4/c1-14(13(18)19)8-20-7-11(14)16-12(17)9-5-3-2-4-6-10(9)15/h9-11H,2-8,15H2,1H3,(H,16,17)(H,18,19). The predicted molar refractivity (Wildman–Crippen MR) is 73.0 cm³/mol. The molecule has 6 heteroatoms. The van der Waals surface area contributed by atoms with Crippen LogP contribution >= 0.6 is 0 Å². The molecule has 0 aromatic rings. The zero-order valence-corrected chi connectivity index (χ0v) is 11.9. The smallest absolute Gasteiger partial charge is 0.313 e. The third-order valence-corrected chi connectivity index (χ3v) is 4.67. The molecule has 4 unspecified atom stereocenters. The molecule has 1 amide bonds. The number of hydrogen-bond acceptors (Lipinski definition) is 4. The number of rotatable bonds is 3. The number of ether oxygens (including phenoxy) is 1. The van der Waals surface area contributed by atoms with E-state index in [-0.39, 0.29) is 31.1 Å². The highest BCUT2D eigenvalue weighted by Gasteiger charge is 2.48. The van der Waals surface area contributed by atoms with Gasteiger partial charge in [-0.25, -0.2) is 0 Å². The second-order valence-electron chi connectivity index (χ2n) is 6.21. The number of amides is 1. The number of nitrogens with one attached hydrogen (secondary N) is 1. The van der Waals surface area contributed by atoms with Crippen molar-refractivity contribution in [3.05, 3.63) is 0 Å². The molecule has 1 saturated heterocycles. The molecule has 4 N–H and O–H groups in total. The quantitative estimate of drug-likeness (QED) is 0.655. The fourth-order valence-electron chi connectivity index (χ4n) is 3.03. The minimum absolute atomic E-state index is 0.123. The largest absolute Gasteiger partial charge is 0.481 e. The molecule has 0 bridgehead atoms. The van der Waals surface area contributed by atoms with Crippen LogP contribution in [-0.2, 0) is 14.3 Å². The molecule has 1 aliphatic heterocycles. The molecule has 1 aliphatic carbocycles. The monoisotopic (exact) mass is 284 g/mol. The highest BCUT2D eigenvalue weighted by Crippen LogP contribution is 2.30. The number of carbonyl (C=O) groups is 2. The van der Waals surface area contributed by atoms with E-state index in [2.05, 4.69) is 5.32 Å². The van der Waals surface area contributed by atoms with Crippen LogP contribution in [0.1, 0.15) is 39.0 Å². The van der Waals surface area contributed by atoms with E-state index in [1.165, 1.54) is 0 Å². The third-order valence-electron chi connectivity index (χ3n) is 4.67. The molecule has 4 atom stereocenters. The molecule has 2 aliphatic rings. The summed E-state index contributed by atoms with van der Waals surface area (Å²) in [5.41, 5.74) is 5.02. The van der Waals surface area contributed by atoms with Gasteiger partial charge in [0.25, 0.3) is 0 Å². The van der Waals surface area contributed by atoms with Gasteiger partial charge < -0.3 is 20.9 Å². The lowest BCUT2D eigenvalue weighted by atomic mass is 9.84. The molecule has 114 valence electrons. The SMILES string of the molecule is CC1(C(=O)O)COCC1NC(=O)C1CCCCCC1N. The lowest BCUT2D eigenvalue weighted by molar-refractivity contribution is -0.149. The Bertz CT molecular complexity index is 387. The van der Waals surface area contributed by atoms with Crippen LogP contribution in [0.4, 0.5) is 0 Å². The van der Waals surface area contributed by atoms with E-state index < -0.39 is 17.4 Å². The average Bonchev–Trinajstić information content (AvgIpc) is 2.63. The first-order chi connectivity index (χ1) is 9.45. The highest BCUT2D eigenvalue weighted by atomic mass is 16.5. The van der Waals surface area contributed by atoms with Gasteiger partial charge in [-0.05, 0) is 19.8 Å². The van der Waals surface area contributed by atoms with Crippen molar-refractivity contribution in [2.45, 2.75) is 51.1 Å². The van der Waals surface area contributed by atoms with E-state index in [9.17, 15) is 14.7 Å². The molecule has 6 nitrogen and oxygen atoms in total. The van der Waals surface area contributed by atoms with E-state index in [1.54, 1.807) is 6.92 Å². The van der Waals surface area contributed by atoms with Crippen molar-refractivity contribution in [2.24, 2.45) is 17.1 Å². The van der Waals surface area contributed by atoms with E-state index in [0.29, 0.717) is 0 Å². The van der Waals surface area contributed by atoms with Crippen LogP contribution in [0.15, 0.2) is 0 Å². The summed E-state index contributed by atoms with van der Waals surface area (Å²) in [5.74, 6) is -1.27. The van der Waals surface area contributed by atoms with Gasteiger partial charge in [-0.15, -0.1) is 0 Å². The average molecular weight is 284 g/mol. The van der Waals surface area contributed by atoms with Crippen molar-refractivity contribution in [1.29, 1.82) is 0 Å². The number of aliphatic carboxylic acids is 1. The van der Waals surface area contributed by atoms with Crippen LogP contribution in [0.25, 0.3) is 0 Å². The number of carboxylic acid groups (broad SMARTS) is 1. The van der Waals surface area contributed by atoms with Crippen molar-refractivity contribution < 1.29 is 19.4 Å². The lowest BCUT2D eigenvalue weighted by Gasteiger charge is -2.28. The Morgan fingerprint density at radius 3 is 2.70 bits per heavy atom. The molecule has 20 heavy (non-hydrogen) atoms. The van der Waals surface area contributed by atoms with Gasteiger partial charge in [0.15, 0.2) is 0 Å². The maximum Gasteiger partial charge on any atom is 0.313 e. The van der Waals surface area contributed by atoms with Crippen LogP contribution in [0.3, 0.4) is 0 Å². The summed E-state index contributed by atoms with van der Waals surface area (Å²) in [5, 5.41) is 12.2. The predicted octanol–water partition coefficient (Wildman–Crippen LogP) is 0.500. The summed E-state index contributed by atoms with van der Waals surface area (Å²) < 4.78 is 5.25. The zero-order valence-electron chi connectivity index (χ0n) is 11.9. The summed E-state index contributed by atoms with van der Waals surface area (Å²) in [6.07, 6.45) is 4.81. The van der Waals surface area contributed by atoms with Crippen molar-refractivity contribution in [3.8, 4) is 0 Å². The summed E-state index contributed by atoms with van der Waals surface area (Å²) in [6.45, 7) is 1.99. The topological polar surface area (TPSA) is 102 Å². The first-order valence-electron chi connectivity index (χ1n) is 7.32. The van der Waals surface area contributed by atoms with Crippen molar-refractivity contribution in [1.82, 2.24) is 5.32 Å². The maximum atomic E-state index is 12.4. The fourth-order valence-corrected chi connectivity index (χ4v) is 3.03. The first-order valence-corrected chi connectivity index (χ1v) is 7.32. The fraction of sp³-hybridized carbons (Fsp3) is 0.857. The molecule has 1 heterocycles.